The molecule has 0 spiro atoms. The lowest BCUT2D eigenvalue weighted by Gasteiger charge is -2.08. The summed E-state index contributed by atoms with van der Waals surface area (Å²) in [4.78, 5) is 11.9. The molecule has 1 amide bonds. The van der Waals surface area contributed by atoms with Crippen LogP contribution in [0.15, 0.2) is 48.5 Å². The van der Waals surface area contributed by atoms with Crippen molar-refractivity contribution < 1.29 is 9.00 Å². The van der Waals surface area contributed by atoms with E-state index >= 15 is 0 Å². The lowest BCUT2D eigenvalue weighted by Crippen LogP contribution is -2.30. The Morgan fingerprint density at radius 2 is 1.74 bits per heavy atom. The predicted molar refractivity (Wildman–Crippen MR) is 95.8 cm³/mol. The molecule has 0 bridgehead atoms. The van der Waals surface area contributed by atoms with Gasteiger partial charge < -0.3 is 5.32 Å². The first kappa shape index (κ1) is 17.4. The zero-order valence-electron chi connectivity index (χ0n) is 13.7. The fraction of sp³-hybridized carbons (Fsp3) is 0.316. The van der Waals surface area contributed by atoms with Crippen LogP contribution in [-0.4, -0.2) is 22.4 Å². The van der Waals surface area contributed by atoms with Crippen molar-refractivity contribution >= 4 is 16.7 Å². The van der Waals surface area contributed by atoms with Crippen molar-refractivity contribution in [1.29, 1.82) is 0 Å². The molecule has 0 saturated carbocycles. The largest absolute Gasteiger partial charge is 0.355 e. The number of hydrogen-bond acceptors (Lipinski definition) is 2. The number of carbonyl (C=O) groups is 1. The molecule has 0 radical (unpaired) electrons. The van der Waals surface area contributed by atoms with E-state index in [1.807, 2.05) is 43.3 Å². The zero-order chi connectivity index (χ0) is 16.7. The zero-order valence-corrected chi connectivity index (χ0v) is 14.5. The highest BCUT2D eigenvalue weighted by atomic mass is 32.2. The van der Waals surface area contributed by atoms with Crippen LogP contribution < -0.4 is 5.32 Å². The van der Waals surface area contributed by atoms with Gasteiger partial charge in [0, 0.05) is 23.1 Å². The number of aryl methyl sites for hydroxylation is 2. The molecule has 23 heavy (non-hydrogen) atoms. The van der Waals surface area contributed by atoms with E-state index in [4.69, 9.17) is 0 Å². The maximum Gasteiger partial charge on any atom is 0.232 e. The van der Waals surface area contributed by atoms with Gasteiger partial charge in [0.15, 0.2) is 0 Å². The predicted octanol–water partition coefficient (Wildman–Crippen LogP) is 2.91. The van der Waals surface area contributed by atoms with Gasteiger partial charge in [-0.2, -0.15) is 0 Å². The van der Waals surface area contributed by atoms with Gasteiger partial charge in [-0.15, -0.1) is 0 Å². The maximum atomic E-state index is 12.0. The first-order chi connectivity index (χ1) is 11.0. The van der Waals surface area contributed by atoms with Gasteiger partial charge in [0.05, 0.1) is 0 Å². The van der Waals surface area contributed by atoms with E-state index in [1.165, 1.54) is 16.7 Å². The minimum atomic E-state index is -1.17. The molecule has 0 aliphatic rings. The number of nitrogens with one attached hydrogen (secondary N) is 1. The van der Waals surface area contributed by atoms with E-state index in [9.17, 15) is 9.00 Å². The second kappa shape index (κ2) is 8.63. The van der Waals surface area contributed by atoms with Crippen LogP contribution in [0.4, 0.5) is 0 Å². The van der Waals surface area contributed by atoms with Gasteiger partial charge in [0.2, 0.25) is 5.91 Å². The topological polar surface area (TPSA) is 46.2 Å². The maximum absolute atomic E-state index is 12.0. The van der Waals surface area contributed by atoms with Gasteiger partial charge in [0.25, 0.3) is 0 Å². The summed E-state index contributed by atoms with van der Waals surface area (Å²) in [5.74, 6) is 0.330. The molecule has 0 unspecified atom stereocenters. The highest BCUT2D eigenvalue weighted by Crippen LogP contribution is 2.07. The third kappa shape index (κ3) is 5.99. The minimum absolute atomic E-state index is 0.0572. The van der Waals surface area contributed by atoms with Crippen LogP contribution in [0.2, 0.25) is 0 Å². The lowest BCUT2D eigenvalue weighted by atomic mass is 10.1. The van der Waals surface area contributed by atoms with Crippen LogP contribution in [-0.2, 0) is 27.8 Å². The van der Waals surface area contributed by atoms with E-state index < -0.39 is 10.8 Å². The molecule has 0 heterocycles. The quantitative estimate of drug-likeness (QED) is 0.849. The molecule has 0 saturated heterocycles. The second-order valence-corrected chi connectivity index (χ2v) is 7.20. The fourth-order valence-electron chi connectivity index (χ4n) is 2.35. The molecule has 4 heteroatoms. The van der Waals surface area contributed by atoms with Gasteiger partial charge in [-0.25, -0.2) is 0 Å². The summed E-state index contributed by atoms with van der Waals surface area (Å²) in [6.07, 6.45) is 0.795. The highest BCUT2D eigenvalue weighted by molar-refractivity contribution is 7.84. The smallest absolute Gasteiger partial charge is 0.232 e. The third-order valence-corrected chi connectivity index (χ3v) is 4.96. The molecule has 0 aromatic heterocycles. The van der Waals surface area contributed by atoms with E-state index in [2.05, 4.69) is 24.4 Å². The SMILES string of the molecule is Cc1ccc(C[S@@](=O)CC(=O)NCCc2ccccc2C)cc1. The standard InChI is InChI=1S/C19H23NO2S/c1-15-7-9-17(10-8-15)13-23(22)14-19(21)20-12-11-18-6-4-3-5-16(18)2/h3-10H,11-14H2,1-2H3,(H,20,21)/t23-/m1/s1. The highest BCUT2D eigenvalue weighted by Gasteiger charge is 2.08. The van der Waals surface area contributed by atoms with Crippen molar-refractivity contribution in [1.82, 2.24) is 5.32 Å². The molecule has 1 N–H and O–H groups in total. The Balaban J connectivity index is 1.73. The average Bonchev–Trinajstić information content (AvgIpc) is 2.51. The minimum Gasteiger partial charge on any atom is -0.355 e. The van der Waals surface area contributed by atoms with Crippen molar-refractivity contribution in [3.63, 3.8) is 0 Å². The Bertz CT molecular complexity index is 680. The van der Waals surface area contributed by atoms with Gasteiger partial charge in [0.1, 0.15) is 5.75 Å². The molecule has 1 atom stereocenters. The normalized spacial score (nSPS) is 11.9. The summed E-state index contributed by atoms with van der Waals surface area (Å²) in [5, 5.41) is 2.85. The summed E-state index contributed by atoms with van der Waals surface area (Å²) < 4.78 is 12.0. The van der Waals surface area contributed by atoms with Crippen LogP contribution in [0, 0.1) is 13.8 Å². The molecule has 2 aromatic carbocycles. The van der Waals surface area contributed by atoms with Crippen molar-refractivity contribution in [2.75, 3.05) is 12.3 Å². The summed E-state index contributed by atoms with van der Waals surface area (Å²) in [5.41, 5.74) is 4.63. The number of carbonyl (C=O) groups excluding carboxylic acids is 1. The number of rotatable bonds is 7. The molecule has 2 aromatic rings. The molecular formula is C19H23NO2S. The van der Waals surface area contributed by atoms with Crippen molar-refractivity contribution in [3.05, 3.63) is 70.8 Å². The van der Waals surface area contributed by atoms with Gasteiger partial charge in [-0.05, 0) is 37.0 Å². The van der Waals surface area contributed by atoms with Crippen molar-refractivity contribution in [3.8, 4) is 0 Å². The summed E-state index contributed by atoms with van der Waals surface area (Å²) >= 11 is 0. The van der Waals surface area contributed by atoms with E-state index in [1.54, 1.807) is 0 Å². The first-order valence-corrected chi connectivity index (χ1v) is 9.25. The van der Waals surface area contributed by atoms with Crippen molar-refractivity contribution in [2.24, 2.45) is 0 Å². The van der Waals surface area contributed by atoms with Crippen LogP contribution in [0.1, 0.15) is 22.3 Å². The van der Waals surface area contributed by atoms with E-state index in [0.717, 1.165) is 12.0 Å². The van der Waals surface area contributed by atoms with Crippen LogP contribution >= 0.6 is 0 Å². The number of hydrogen-bond donors (Lipinski definition) is 1. The fourth-order valence-corrected chi connectivity index (χ4v) is 3.41. The van der Waals surface area contributed by atoms with Gasteiger partial charge >= 0.3 is 0 Å². The van der Waals surface area contributed by atoms with Gasteiger partial charge in [-0.3, -0.25) is 9.00 Å². The summed E-state index contributed by atoms with van der Waals surface area (Å²) in [6, 6.07) is 16.0. The third-order valence-electron chi connectivity index (χ3n) is 3.72. The molecular weight excluding hydrogens is 306 g/mol. The molecule has 3 nitrogen and oxygen atoms in total. The lowest BCUT2D eigenvalue weighted by molar-refractivity contribution is -0.118. The molecule has 122 valence electrons. The summed E-state index contributed by atoms with van der Waals surface area (Å²) in [7, 11) is -1.17. The number of amides is 1. The van der Waals surface area contributed by atoms with E-state index in [-0.39, 0.29) is 11.7 Å². The van der Waals surface area contributed by atoms with Crippen molar-refractivity contribution in [2.45, 2.75) is 26.0 Å². The monoisotopic (exact) mass is 329 g/mol. The van der Waals surface area contributed by atoms with Gasteiger partial charge in [-0.1, -0.05) is 54.1 Å². The Kier molecular flexibility index (Phi) is 6.53. The molecule has 0 aliphatic carbocycles. The molecule has 0 fully saturated rings. The number of benzene rings is 2. The summed E-state index contributed by atoms with van der Waals surface area (Å²) in [6.45, 7) is 4.65. The Morgan fingerprint density at radius 1 is 1.04 bits per heavy atom. The van der Waals surface area contributed by atoms with Crippen LogP contribution in [0.3, 0.4) is 0 Å². The van der Waals surface area contributed by atoms with Crippen LogP contribution in [0.25, 0.3) is 0 Å². The second-order valence-electron chi connectivity index (χ2n) is 5.74. The van der Waals surface area contributed by atoms with Crippen LogP contribution in [0.5, 0.6) is 0 Å². The molecule has 0 aliphatic heterocycles. The Hall–Kier alpha value is -1.94. The van der Waals surface area contributed by atoms with E-state index in [0.29, 0.717) is 12.3 Å². The first-order valence-electron chi connectivity index (χ1n) is 7.76. The Labute approximate surface area is 140 Å². The Morgan fingerprint density at radius 3 is 2.43 bits per heavy atom. The average molecular weight is 329 g/mol. The molecule has 2 rings (SSSR count).